The summed E-state index contributed by atoms with van der Waals surface area (Å²) in [5.74, 6) is 1.51. The average molecular weight is 578 g/mol. The highest BCUT2D eigenvalue weighted by molar-refractivity contribution is 9.10. The molecule has 4 aromatic rings. The smallest absolute Gasteiger partial charge is 0.233 e. The van der Waals surface area contributed by atoms with Crippen molar-refractivity contribution in [2.75, 3.05) is 26.1 Å². The number of rotatable bonds is 9. The number of aromatic nitrogens is 1. The van der Waals surface area contributed by atoms with Gasteiger partial charge >= 0.3 is 0 Å². The third-order valence-corrected chi connectivity index (χ3v) is 7.67. The number of nitrogens with one attached hydrogen (secondary N) is 1. The standard InChI is InChI=1S/C25H22BrClN2O5S/c1-32-21-12-3-16(15-22(21)33-2)13-14-28-24-25(35(30,31)20-10-8-19(27)9-11-20)29-23(34-24)17-4-6-18(26)7-5-17/h3-12,15,28H,13-14H2,1-2H3. The number of halogens is 2. The van der Waals surface area contributed by atoms with Crippen molar-refractivity contribution in [1.29, 1.82) is 0 Å². The minimum Gasteiger partial charge on any atom is -0.493 e. The molecule has 0 atom stereocenters. The van der Waals surface area contributed by atoms with Crippen molar-refractivity contribution in [1.82, 2.24) is 4.98 Å². The predicted octanol–water partition coefficient (Wildman–Crippen LogP) is 6.26. The van der Waals surface area contributed by atoms with Crippen LogP contribution in [0.15, 0.2) is 85.5 Å². The Bertz CT molecular complexity index is 1420. The number of benzene rings is 3. The van der Waals surface area contributed by atoms with Crippen LogP contribution < -0.4 is 14.8 Å². The van der Waals surface area contributed by atoms with Gasteiger partial charge < -0.3 is 19.2 Å². The van der Waals surface area contributed by atoms with E-state index in [0.29, 0.717) is 35.1 Å². The zero-order valence-electron chi connectivity index (χ0n) is 18.9. The van der Waals surface area contributed by atoms with Gasteiger partial charge in [-0.2, -0.15) is 4.98 Å². The zero-order valence-corrected chi connectivity index (χ0v) is 22.1. The molecule has 0 aliphatic heterocycles. The minimum absolute atomic E-state index is 0.0679. The third kappa shape index (κ3) is 5.63. The summed E-state index contributed by atoms with van der Waals surface area (Å²) < 4.78 is 44.2. The number of anilines is 1. The van der Waals surface area contributed by atoms with Crippen LogP contribution in [0.4, 0.5) is 5.88 Å². The van der Waals surface area contributed by atoms with Crippen molar-refractivity contribution < 1.29 is 22.3 Å². The summed E-state index contributed by atoms with van der Waals surface area (Å²) in [6.45, 7) is 0.396. The van der Waals surface area contributed by atoms with E-state index in [2.05, 4.69) is 26.2 Å². The van der Waals surface area contributed by atoms with E-state index < -0.39 is 9.84 Å². The highest BCUT2D eigenvalue weighted by Crippen LogP contribution is 2.33. The first-order valence-corrected chi connectivity index (χ1v) is 13.2. The van der Waals surface area contributed by atoms with Crippen molar-refractivity contribution in [3.05, 3.63) is 81.8 Å². The van der Waals surface area contributed by atoms with Crippen LogP contribution in [0.3, 0.4) is 0 Å². The van der Waals surface area contributed by atoms with E-state index in [1.54, 1.807) is 26.4 Å². The first-order valence-electron chi connectivity index (χ1n) is 10.5. The molecule has 35 heavy (non-hydrogen) atoms. The van der Waals surface area contributed by atoms with Crippen molar-refractivity contribution in [2.24, 2.45) is 0 Å². The van der Waals surface area contributed by atoms with Crippen LogP contribution >= 0.6 is 27.5 Å². The molecule has 0 radical (unpaired) electrons. The molecule has 0 unspecified atom stereocenters. The summed E-state index contributed by atoms with van der Waals surface area (Å²) in [6.07, 6.45) is 0.578. The molecular weight excluding hydrogens is 556 g/mol. The molecule has 3 aromatic carbocycles. The average Bonchev–Trinajstić information content (AvgIpc) is 3.29. The summed E-state index contributed by atoms with van der Waals surface area (Å²) in [5.41, 5.74) is 1.62. The van der Waals surface area contributed by atoms with Crippen LogP contribution in [0, 0.1) is 0 Å². The monoisotopic (exact) mass is 576 g/mol. The second-order valence-corrected chi connectivity index (χ2v) is 10.7. The van der Waals surface area contributed by atoms with Crippen LogP contribution in [0.2, 0.25) is 5.02 Å². The number of oxazole rings is 1. The lowest BCUT2D eigenvalue weighted by Crippen LogP contribution is -2.10. The molecule has 0 spiro atoms. The van der Waals surface area contributed by atoms with Crippen LogP contribution in [-0.2, 0) is 16.3 Å². The maximum absolute atomic E-state index is 13.4. The van der Waals surface area contributed by atoms with Gasteiger partial charge in [-0.1, -0.05) is 33.6 Å². The first kappa shape index (κ1) is 25.1. The molecule has 0 amide bonds. The Kier molecular flexibility index (Phi) is 7.69. The summed E-state index contributed by atoms with van der Waals surface area (Å²) >= 11 is 9.34. The second-order valence-electron chi connectivity index (χ2n) is 7.48. The summed E-state index contributed by atoms with van der Waals surface area (Å²) in [5, 5.41) is 3.35. The Morgan fingerprint density at radius 3 is 2.31 bits per heavy atom. The SMILES string of the molecule is COc1ccc(CCNc2oc(-c3ccc(Br)cc3)nc2S(=O)(=O)c2ccc(Cl)cc2)cc1OC. The Labute approximate surface area is 217 Å². The van der Waals surface area contributed by atoms with E-state index >= 15 is 0 Å². The van der Waals surface area contributed by atoms with Crippen LogP contribution in [0.25, 0.3) is 11.5 Å². The molecule has 1 heterocycles. The molecular formula is C25H22BrClN2O5S. The fourth-order valence-corrected chi connectivity index (χ4v) is 5.07. The molecule has 0 fully saturated rings. The highest BCUT2D eigenvalue weighted by Gasteiger charge is 2.28. The Morgan fingerprint density at radius 1 is 0.971 bits per heavy atom. The normalized spacial score (nSPS) is 11.3. The molecule has 1 aromatic heterocycles. The molecule has 0 saturated carbocycles. The van der Waals surface area contributed by atoms with E-state index in [0.717, 1.165) is 10.0 Å². The quantitative estimate of drug-likeness (QED) is 0.251. The van der Waals surface area contributed by atoms with Crippen LogP contribution in [0.5, 0.6) is 11.5 Å². The Morgan fingerprint density at radius 2 is 1.66 bits per heavy atom. The van der Waals surface area contributed by atoms with Gasteiger partial charge in [0.05, 0.1) is 19.1 Å². The van der Waals surface area contributed by atoms with E-state index in [9.17, 15) is 8.42 Å². The maximum Gasteiger partial charge on any atom is 0.233 e. The molecule has 1 N–H and O–H groups in total. The van der Waals surface area contributed by atoms with Gasteiger partial charge in [0.25, 0.3) is 0 Å². The Hall–Kier alpha value is -3.01. The zero-order chi connectivity index (χ0) is 25.0. The second kappa shape index (κ2) is 10.7. The lowest BCUT2D eigenvalue weighted by molar-refractivity contribution is 0.354. The van der Waals surface area contributed by atoms with Crippen molar-refractivity contribution in [2.45, 2.75) is 16.3 Å². The van der Waals surface area contributed by atoms with E-state index in [-0.39, 0.29) is 21.7 Å². The van der Waals surface area contributed by atoms with E-state index in [1.807, 2.05) is 30.3 Å². The predicted molar refractivity (Wildman–Crippen MR) is 138 cm³/mol. The lowest BCUT2D eigenvalue weighted by Gasteiger charge is -2.10. The van der Waals surface area contributed by atoms with E-state index in [1.165, 1.54) is 24.3 Å². The number of sulfone groups is 1. The van der Waals surface area contributed by atoms with Crippen molar-refractivity contribution >= 4 is 43.3 Å². The molecule has 182 valence electrons. The highest BCUT2D eigenvalue weighted by atomic mass is 79.9. The van der Waals surface area contributed by atoms with Gasteiger partial charge in [-0.05, 0) is 72.6 Å². The largest absolute Gasteiger partial charge is 0.493 e. The van der Waals surface area contributed by atoms with Gasteiger partial charge in [-0.25, -0.2) is 8.42 Å². The molecule has 0 bridgehead atoms. The molecule has 0 aliphatic carbocycles. The third-order valence-electron chi connectivity index (χ3n) is 5.21. The van der Waals surface area contributed by atoms with Gasteiger partial charge in [0, 0.05) is 21.6 Å². The number of nitrogens with zero attached hydrogens (tertiary/aromatic N) is 1. The summed E-state index contributed by atoms with van der Waals surface area (Å²) in [7, 11) is -0.815. The van der Waals surface area contributed by atoms with Gasteiger partial charge in [-0.15, -0.1) is 0 Å². The van der Waals surface area contributed by atoms with E-state index in [4.69, 9.17) is 25.5 Å². The number of hydrogen-bond donors (Lipinski definition) is 1. The molecule has 7 nitrogen and oxygen atoms in total. The maximum atomic E-state index is 13.4. The minimum atomic E-state index is -3.97. The van der Waals surface area contributed by atoms with Crippen LogP contribution in [0.1, 0.15) is 5.56 Å². The number of hydrogen-bond acceptors (Lipinski definition) is 7. The van der Waals surface area contributed by atoms with Gasteiger partial charge in [0.1, 0.15) is 0 Å². The topological polar surface area (TPSA) is 90.7 Å². The number of ether oxygens (including phenoxy) is 2. The van der Waals surface area contributed by atoms with Crippen molar-refractivity contribution in [3.63, 3.8) is 0 Å². The number of methoxy groups -OCH3 is 2. The van der Waals surface area contributed by atoms with Crippen molar-refractivity contribution in [3.8, 4) is 23.0 Å². The fourth-order valence-electron chi connectivity index (χ4n) is 3.40. The summed E-state index contributed by atoms with van der Waals surface area (Å²) in [4.78, 5) is 4.42. The van der Waals surface area contributed by atoms with Gasteiger partial charge in [0.2, 0.25) is 26.6 Å². The fraction of sp³-hybridized carbons (Fsp3) is 0.160. The van der Waals surface area contributed by atoms with Crippen LogP contribution in [-0.4, -0.2) is 34.2 Å². The molecule has 10 heteroatoms. The van der Waals surface area contributed by atoms with Gasteiger partial charge in [0.15, 0.2) is 11.5 Å². The lowest BCUT2D eigenvalue weighted by atomic mass is 10.1. The Balaban J connectivity index is 1.64. The molecule has 0 aliphatic rings. The molecule has 4 rings (SSSR count). The summed E-state index contributed by atoms with van der Waals surface area (Å²) in [6, 6.07) is 18.8. The molecule has 0 saturated heterocycles. The van der Waals surface area contributed by atoms with Gasteiger partial charge in [-0.3, -0.25) is 0 Å². The first-order chi connectivity index (χ1) is 16.8.